The Hall–Kier alpha value is -2.70. The highest BCUT2D eigenvalue weighted by Crippen LogP contribution is 2.56. The minimum absolute atomic E-state index is 0.0191. The lowest BCUT2D eigenvalue weighted by Crippen LogP contribution is -2.14. The number of Topliss-reactive ketones (excluding diaryl/α,β-unsaturated/α-hetero) is 1. The van der Waals surface area contributed by atoms with Crippen LogP contribution in [0.15, 0.2) is 86.9 Å². The Labute approximate surface area is 272 Å². The number of nitrogens with one attached hydrogen (secondary N) is 1. The van der Waals surface area contributed by atoms with E-state index in [0.717, 1.165) is 25.6 Å². The van der Waals surface area contributed by atoms with E-state index in [2.05, 4.69) is 90.7 Å². The Kier molecular flexibility index (Phi) is 8.74. The van der Waals surface area contributed by atoms with Gasteiger partial charge >= 0.3 is 0 Å². The number of hydrogen-bond donors (Lipinski definition) is 2. The van der Waals surface area contributed by atoms with Gasteiger partial charge in [-0.2, -0.15) is 0 Å². The van der Waals surface area contributed by atoms with E-state index in [1.807, 2.05) is 11.8 Å². The molecule has 0 saturated carbocycles. The van der Waals surface area contributed by atoms with Gasteiger partial charge in [-0.15, -0.1) is 23.1 Å². The van der Waals surface area contributed by atoms with Crippen LogP contribution in [-0.2, 0) is 11.2 Å². The molecule has 0 aliphatic carbocycles. The fraction of sp³-hybridized carbons (Fsp3) is 0.161. The molecule has 2 atom stereocenters. The summed E-state index contributed by atoms with van der Waals surface area (Å²) in [5, 5.41) is 4.62. The lowest BCUT2D eigenvalue weighted by atomic mass is 9.98. The van der Waals surface area contributed by atoms with Crippen LogP contribution in [0.1, 0.15) is 49.3 Å². The SMILES string of the molecule is CC(=O)c1ccc(NC(=O)CSc2nc(N)c3c4c(sc3n2)[C@H](c2ccc(Br)cc2)S[C@H](c2ccc(Br)cc2)C4)cc1. The van der Waals surface area contributed by atoms with Crippen LogP contribution in [-0.4, -0.2) is 27.4 Å². The molecular weight excluding hydrogens is 716 g/mol. The second kappa shape index (κ2) is 12.5. The van der Waals surface area contributed by atoms with E-state index in [0.29, 0.717) is 22.2 Å². The van der Waals surface area contributed by atoms with E-state index in [-0.39, 0.29) is 27.9 Å². The summed E-state index contributed by atoms with van der Waals surface area (Å²) in [5.74, 6) is 0.367. The topological polar surface area (TPSA) is 98.0 Å². The van der Waals surface area contributed by atoms with Gasteiger partial charge in [0.1, 0.15) is 10.6 Å². The maximum absolute atomic E-state index is 12.6. The van der Waals surface area contributed by atoms with Crippen molar-refractivity contribution in [2.45, 2.75) is 29.0 Å². The average Bonchev–Trinajstić information content (AvgIpc) is 3.36. The Balaban J connectivity index is 1.28. The summed E-state index contributed by atoms with van der Waals surface area (Å²) in [7, 11) is 0. The Bertz CT molecular complexity index is 1790. The molecule has 6 rings (SSSR count). The van der Waals surface area contributed by atoms with Crippen LogP contribution < -0.4 is 11.1 Å². The van der Waals surface area contributed by atoms with Crippen molar-refractivity contribution in [3.05, 3.63) is 109 Å². The van der Waals surface area contributed by atoms with Crippen molar-refractivity contribution in [1.29, 1.82) is 0 Å². The first-order valence-electron chi connectivity index (χ1n) is 13.0. The van der Waals surface area contributed by atoms with E-state index in [1.54, 1.807) is 35.6 Å². The Morgan fingerprint density at radius 3 is 2.24 bits per heavy atom. The number of rotatable bonds is 7. The van der Waals surface area contributed by atoms with Crippen molar-refractivity contribution in [3.8, 4) is 0 Å². The van der Waals surface area contributed by atoms with Gasteiger partial charge in [-0.3, -0.25) is 9.59 Å². The molecule has 0 saturated heterocycles. The number of halogens is 2. The smallest absolute Gasteiger partial charge is 0.234 e. The van der Waals surface area contributed by atoms with Crippen molar-refractivity contribution in [3.63, 3.8) is 0 Å². The Morgan fingerprint density at radius 2 is 1.60 bits per heavy atom. The monoisotopic (exact) mass is 738 g/mol. The molecule has 212 valence electrons. The number of hydrogen-bond acceptors (Lipinski definition) is 8. The van der Waals surface area contributed by atoms with Crippen LogP contribution in [0.2, 0.25) is 0 Å². The molecule has 3 N–H and O–H groups in total. The normalized spacial score (nSPS) is 16.3. The molecule has 0 unspecified atom stereocenters. The summed E-state index contributed by atoms with van der Waals surface area (Å²) >= 11 is 12.0. The van der Waals surface area contributed by atoms with Crippen LogP contribution in [0.3, 0.4) is 0 Å². The first kappa shape index (κ1) is 29.4. The molecule has 3 aromatic carbocycles. The molecule has 6 nitrogen and oxygen atoms in total. The Morgan fingerprint density at radius 1 is 0.952 bits per heavy atom. The quantitative estimate of drug-likeness (QED) is 0.0978. The molecule has 0 radical (unpaired) electrons. The number of carbonyl (C=O) groups excluding carboxylic acids is 2. The van der Waals surface area contributed by atoms with Gasteiger partial charge in [-0.05, 0) is 78.6 Å². The van der Waals surface area contributed by atoms with Gasteiger partial charge in [-0.25, -0.2) is 9.97 Å². The minimum Gasteiger partial charge on any atom is -0.383 e. The first-order chi connectivity index (χ1) is 20.2. The van der Waals surface area contributed by atoms with Gasteiger partial charge in [0.2, 0.25) is 5.91 Å². The fourth-order valence-electron chi connectivity index (χ4n) is 4.88. The predicted molar refractivity (Wildman–Crippen MR) is 182 cm³/mol. The molecule has 1 aliphatic rings. The third-order valence-electron chi connectivity index (χ3n) is 6.94. The maximum Gasteiger partial charge on any atom is 0.234 e. The van der Waals surface area contributed by atoms with Crippen molar-refractivity contribution >= 4 is 100 Å². The highest BCUT2D eigenvalue weighted by Gasteiger charge is 2.34. The zero-order valence-corrected chi connectivity index (χ0v) is 27.9. The molecule has 0 spiro atoms. The van der Waals surface area contributed by atoms with Gasteiger partial charge in [0.05, 0.1) is 16.4 Å². The van der Waals surface area contributed by atoms with E-state index < -0.39 is 0 Å². The summed E-state index contributed by atoms with van der Waals surface area (Å²) < 4.78 is 2.10. The lowest BCUT2D eigenvalue weighted by molar-refractivity contribution is -0.113. The second-order valence-corrected chi connectivity index (χ2v) is 14.9. The molecule has 11 heteroatoms. The van der Waals surface area contributed by atoms with Crippen LogP contribution in [0.5, 0.6) is 0 Å². The number of benzene rings is 3. The number of nitrogen functional groups attached to an aromatic ring is 1. The highest BCUT2D eigenvalue weighted by atomic mass is 79.9. The molecule has 0 fully saturated rings. The lowest BCUT2D eigenvalue weighted by Gasteiger charge is -2.30. The summed E-state index contributed by atoms with van der Waals surface area (Å²) in [6.07, 6.45) is 0.833. The number of nitrogens with zero attached hydrogens (tertiary/aromatic N) is 2. The maximum atomic E-state index is 12.6. The van der Waals surface area contributed by atoms with Gasteiger partial charge in [-0.1, -0.05) is 67.9 Å². The number of ketones is 1. The molecule has 2 aromatic heterocycles. The van der Waals surface area contributed by atoms with Crippen molar-refractivity contribution < 1.29 is 9.59 Å². The van der Waals surface area contributed by atoms with Gasteiger partial charge in [0, 0.05) is 30.3 Å². The number of anilines is 2. The van der Waals surface area contributed by atoms with Crippen LogP contribution in [0, 0.1) is 0 Å². The third-order valence-corrected chi connectivity index (χ3v) is 11.7. The highest BCUT2D eigenvalue weighted by molar-refractivity contribution is 9.10. The van der Waals surface area contributed by atoms with E-state index in [1.165, 1.54) is 40.3 Å². The third kappa shape index (κ3) is 6.30. The second-order valence-electron chi connectivity index (χ2n) is 9.80. The van der Waals surface area contributed by atoms with Crippen LogP contribution in [0.4, 0.5) is 11.5 Å². The van der Waals surface area contributed by atoms with E-state index in [9.17, 15) is 9.59 Å². The molecule has 1 amide bonds. The molecule has 1 aliphatic heterocycles. The average molecular weight is 741 g/mol. The number of amides is 1. The fourth-order valence-corrected chi connectivity index (χ4v) is 9.13. The number of thiophene rings is 1. The number of aromatic nitrogens is 2. The zero-order valence-electron chi connectivity index (χ0n) is 22.3. The molecule has 42 heavy (non-hydrogen) atoms. The molecule has 3 heterocycles. The standard InChI is InChI=1S/C31H24Br2N4O2S3/c1-16(38)17-6-12-22(13-7-17)35-25(39)15-40-31-36-29(34)26-23-14-24(18-2-8-20(32)9-3-18)41-27(28(23)42-30(26)37-31)19-4-10-21(33)11-5-19/h2-13,24,27H,14-15H2,1H3,(H,35,39)(H2,34,36,37)/t24-,27-/m0/s1. The van der Waals surface area contributed by atoms with Gasteiger partial charge in [0.25, 0.3) is 0 Å². The number of fused-ring (bicyclic) bond motifs is 3. The van der Waals surface area contributed by atoms with Crippen LogP contribution >= 0.6 is 66.7 Å². The summed E-state index contributed by atoms with van der Waals surface area (Å²) in [4.78, 5) is 35.7. The van der Waals surface area contributed by atoms with Gasteiger partial charge < -0.3 is 11.1 Å². The van der Waals surface area contributed by atoms with Crippen LogP contribution in [0.25, 0.3) is 10.2 Å². The van der Waals surface area contributed by atoms with Crippen molar-refractivity contribution in [1.82, 2.24) is 9.97 Å². The molecule has 0 bridgehead atoms. The number of thioether (sulfide) groups is 2. The molecular formula is C31H24Br2N4O2S3. The van der Waals surface area contributed by atoms with E-state index in [4.69, 9.17) is 10.7 Å². The first-order valence-corrected chi connectivity index (χ1v) is 17.4. The van der Waals surface area contributed by atoms with Gasteiger partial charge in [0.15, 0.2) is 10.9 Å². The van der Waals surface area contributed by atoms with Crippen molar-refractivity contribution in [2.75, 3.05) is 16.8 Å². The summed E-state index contributed by atoms with van der Waals surface area (Å²) in [6.45, 7) is 1.51. The number of nitrogens with two attached hydrogens (primary N) is 1. The summed E-state index contributed by atoms with van der Waals surface area (Å²) in [5.41, 5.74) is 11.5. The number of carbonyl (C=O) groups is 2. The summed E-state index contributed by atoms with van der Waals surface area (Å²) in [6, 6.07) is 23.9. The largest absolute Gasteiger partial charge is 0.383 e. The zero-order chi connectivity index (χ0) is 29.4. The van der Waals surface area contributed by atoms with Crippen molar-refractivity contribution in [2.24, 2.45) is 0 Å². The predicted octanol–water partition coefficient (Wildman–Crippen LogP) is 8.85. The van der Waals surface area contributed by atoms with E-state index >= 15 is 0 Å². The minimum atomic E-state index is -0.188. The molecule has 5 aromatic rings.